The zero-order chi connectivity index (χ0) is 20.9. The van der Waals surface area contributed by atoms with Crippen molar-refractivity contribution in [1.82, 2.24) is 8.75 Å². The second-order valence-corrected chi connectivity index (χ2v) is 7.75. The van der Waals surface area contributed by atoms with E-state index < -0.39 is 16.0 Å². The summed E-state index contributed by atoms with van der Waals surface area (Å²) in [4.78, 5) is 11.7. The van der Waals surface area contributed by atoms with E-state index in [9.17, 15) is 13.2 Å². The van der Waals surface area contributed by atoms with Gasteiger partial charge in [-0.2, -0.15) is 14.0 Å². The maximum Gasteiger partial charge on any atom is 0.350 e. The summed E-state index contributed by atoms with van der Waals surface area (Å²) < 4.78 is 41.2. The van der Waals surface area contributed by atoms with Gasteiger partial charge in [0.2, 0.25) is 0 Å². The number of carbonyl (C=O) groups is 1. The number of para-hydroxylation sites is 2. The Morgan fingerprint density at radius 3 is 2.69 bits per heavy atom. The summed E-state index contributed by atoms with van der Waals surface area (Å²) in [6, 6.07) is 12.9. The summed E-state index contributed by atoms with van der Waals surface area (Å²) >= 11 is 0.926. The Labute approximate surface area is 171 Å². The molecule has 1 heterocycles. The average Bonchev–Trinajstić information content (AvgIpc) is 3.18. The zero-order valence-corrected chi connectivity index (χ0v) is 16.8. The molecule has 0 radical (unpaired) electrons. The number of nitrogens with one attached hydrogen (secondary N) is 2. The van der Waals surface area contributed by atoms with Crippen molar-refractivity contribution in [2.45, 2.75) is 11.8 Å². The number of sulfonamides is 1. The number of rotatable bonds is 7. The second kappa shape index (κ2) is 8.68. The van der Waals surface area contributed by atoms with Crippen LogP contribution in [0.1, 0.15) is 6.92 Å². The van der Waals surface area contributed by atoms with E-state index in [-0.39, 0.29) is 28.3 Å². The third-order valence-corrected chi connectivity index (χ3v) is 5.64. The van der Waals surface area contributed by atoms with E-state index in [1.165, 1.54) is 6.07 Å². The van der Waals surface area contributed by atoms with E-state index in [2.05, 4.69) is 18.8 Å². The number of carbonyl (C=O) groups excluding carboxylic acids is 1. The van der Waals surface area contributed by atoms with Crippen molar-refractivity contribution < 1.29 is 17.9 Å². The first-order valence-corrected chi connectivity index (χ1v) is 10.5. The first-order chi connectivity index (χ1) is 14.0. The molecular weight excluding hydrogens is 414 g/mol. The lowest BCUT2D eigenvalue weighted by Gasteiger charge is -2.13. The number of hydrogen-bond acceptors (Lipinski definition) is 9. The smallest absolute Gasteiger partial charge is 0.350 e. The van der Waals surface area contributed by atoms with E-state index in [0.717, 1.165) is 17.9 Å². The van der Waals surface area contributed by atoms with Crippen LogP contribution >= 0.6 is 11.7 Å². The number of hydrogen-bond donors (Lipinski definition) is 2. The molecule has 0 aliphatic heterocycles. The number of ether oxygens (including phenoxy) is 1. The molecule has 0 aliphatic rings. The summed E-state index contributed by atoms with van der Waals surface area (Å²) in [5, 5.41) is 11.9. The van der Waals surface area contributed by atoms with Crippen LogP contribution in [0.4, 0.5) is 11.4 Å². The average molecular weight is 429 g/mol. The fourth-order valence-electron chi connectivity index (χ4n) is 2.39. The number of anilines is 2. The number of nitriles is 1. The van der Waals surface area contributed by atoms with Crippen molar-refractivity contribution >= 4 is 50.1 Å². The minimum atomic E-state index is -3.96. The molecule has 9 nitrogen and oxygen atoms in total. The first kappa shape index (κ1) is 20.2. The molecule has 3 rings (SSSR count). The Bertz CT molecular complexity index is 1230. The predicted molar refractivity (Wildman–Crippen MR) is 109 cm³/mol. The van der Waals surface area contributed by atoms with Crippen molar-refractivity contribution in [3.63, 3.8) is 0 Å². The van der Waals surface area contributed by atoms with Gasteiger partial charge in [-0.05, 0) is 31.2 Å². The van der Waals surface area contributed by atoms with Crippen LogP contribution in [0.5, 0.6) is 0 Å². The molecule has 0 unspecified atom stereocenters. The molecule has 0 fully saturated rings. The SMILES string of the molecule is CCOC(=O)/C(C#N)=C/Nc1ccccc1NS(=O)(=O)c1cccc2nsnc12. The minimum Gasteiger partial charge on any atom is -0.462 e. The molecule has 2 N–H and O–H groups in total. The van der Waals surface area contributed by atoms with Gasteiger partial charge < -0.3 is 10.1 Å². The highest BCUT2D eigenvalue weighted by Crippen LogP contribution is 2.27. The van der Waals surface area contributed by atoms with Crippen LogP contribution in [0.3, 0.4) is 0 Å². The van der Waals surface area contributed by atoms with Crippen LogP contribution in [0.25, 0.3) is 11.0 Å². The fourth-order valence-corrected chi connectivity index (χ4v) is 4.24. The third-order valence-electron chi connectivity index (χ3n) is 3.70. The molecule has 148 valence electrons. The number of benzene rings is 2. The Morgan fingerprint density at radius 2 is 1.97 bits per heavy atom. The Hall–Kier alpha value is -3.49. The summed E-state index contributed by atoms with van der Waals surface area (Å²) in [7, 11) is -3.96. The maximum atomic E-state index is 12.9. The Morgan fingerprint density at radius 1 is 1.21 bits per heavy atom. The lowest BCUT2D eigenvalue weighted by atomic mass is 10.2. The second-order valence-electron chi connectivity index (χ2n) is 5.57. The van der Waals surface area contributed by atoms with Crippen LogP contribution in [0.15, 0.2) is 59.1 Å². The molecule has 0 saturated heterocycles. The van der Waals surface area contributed by atoms with Crippen molar-refractivity contribution in [2.75, 3.05) is 16.6 Å². The van der Waals surface area contributed by atoms with Gasteiger partial charge in [0.1, 0.15) is 22.0 Å². The zero-order valence-electron chi connectivity index (χ0n) is 15.1. The van der Waals surface area contributed by atoms with E-state index in [1.807, 2.05) is 0 Å². The number of esters is 1. The Kier molecular flexibility index (Phi) is 6.06. The first-order valence-electron chi connectivity index (χ1n) is 8.33. The highest BCUT2D eigenvalue weighted by molar-refractivity contribution is 7.93. The lowest BCUT2D eigenvalue weighted by molar-refractivity contribution is -0.138. The largest absolute Gasteiger partial charge is 0.462 e. The van der Waals surface area contributed by atoms with E-state index in [1.54, 1.807) is 49.4 Å². The number of fused-ring (bicyclic) bond motifs is 1. The van der Waals surface area contributed by atoms with Gasteiger partial charge in [-0.1, -0.05) is 18.2 Å². The molecule has 0 amide bonds. The van der Waals surface area contributed by atoms with Gasteiger partial charge in [0.25, 0.3) is 10.0 Å². The molecule has 29 heavy (non-hydrogen) atoms. The van der Waals surface area contributed by atoms with Crippen molar-refractivity contribution in [3.05, 3.63) is 54.2 Å². The van der Waals surface area contributed by atoms with E-state index >= 15 is 0 Å². The lowest BCUT2D eigenvalue weighted by Crippen LogP contribution is -2.14. The van der Waals surface area contributed by atoms with Crippen molar-refractivity contribution in [1.29, 1.82) is 5.26 Å². The predicted octanol–water partition coefficient (Wildman–Crippen LogP) is 2.87. The molecule has 0 spiro atoms. The van der Waals surface area contributed by atoms with Gasteiger partial charge in [0, 0.05) is 6.20 Å². The van der Waals surface area contributed by atoms with Crippen LogP contribution < -0.4 is 10.0 Å². The molecule has 0 saturated carbocycles. The highest BCUT2D eigenvalue weighted by Gasteiger charge is 2.21. The van der Waals surface area contributed by atoms with Gasteiger partial charge >= 0.3 is 5.97 Å². The molecule has 11 heteroatoms. The van der Waals surface area contributed by atoms with Gasteiger partial charge in [-0.3, -0.25) is 4.72 Å². The van der Waals surface area contributed by atoms with Crippen LogP contribution in [-0.4, -0.2) is 29.7 Å². The number of aromatic nitrogens is 2. The molecule has 0 aliphatic carbocycles. The van der Waals surface area contributed by atoms with E-state index in [4.69, 9.17) is 10.00 Å². The van der Waals surface area contributed by atoms with Gasteiger partial charge in [-0.15, -0.1) is 0 Å². The van der Waals surface area contributed by atoms with Crippen LogP contribution in [-0.2, 0) is 19.6 Å². The summed E-state index contributed by atoms with van der Waals surface area (Å²) in [5.41, 5.74) is 1.09. The third kappa shape index (κ3) is 4.50. The number of nitrogens with zero attached hydrogens (tertiary/aromatic N) is 3. The molecular formula is C18H15N5O4S2. The maximum absolute atomic E-state index is 12.9. The fraction of sp³-hybridized carbons (Fsp3) is 0.111. The van der Waals surface area contributed by atoms with E-state index in [0.29, 0.717) is 11.2 Å². The molecule has 2 aromatic carbocycles. The van der Waals surface area contributed by atoms with Gasteiger partial charge in [-0.25, -0.2) is 13.2 Å². The quantitative estimate of drug-likeness (QED) is 0.333. The monoisotopic (exact) mass is 429 g/mol. The van der Waals surface area contributed by atoms with Crippen molar-refractivity contribution in [2.24, 2.45) is 0 Å². The van der Waals surface area contributed by atoms with Crippen molar-refractivity contribution in [3.8, 4) is 6.07 Å². The highest BCUT2D eigenvalue weighted by atomic mass is 32.2. The molecule has 1 aromatic heterocycles. The summed E-state index contributed by atoms with van der Waals surface area (Å²) in [6.07, 6.45) is 1.16. The van der Waals surface area contributed by atoms with Gasteiger partial charge in [0.15, 0.2) is 5.57 Å². The topological polar surface area (TPSA) is 134 Å². The minimum absolute atomic E-state index is 0.00154. The van der Waals surface area contributed by atoms with Gasteiger partial charge in [0.05, 0.1) is 29.7 Å². The summed E-state index contributed by atoms with van der Waals surface area (Å²) in [6.45, 7) is 1.76. The standard InChI is InChI=1S/C18H15N5O4S2/c1-2-27-18(24)12(10-19)11-20-13-6-3-4-7-14(13)23-29(25,26)16-9-5-8-15-17(16)22-28-21-15/h3-9,11,20,23H,2H2,1H3/b12-11+. The van der Waals surface area contributed by atoms with Crippen LogP contribution in [0.2, 0.25) is 0 Å². The molecule has 3 aromatic rings. The Balaban J connectivity index is 1.90. The molecule has 0 atom stereocenters. The molecule has 0 bridgehead atoms. The van der Waals surface area contributed by atoms with Crippen LogP contribution in [0, 0.1) is 11.3 Å². The normalized spacial score (nSPS) is 11.7. The summed E-state index contributed by atoms with van der Waals surface area (Å²) in [5.74, 6) is -0.775.